The summed E-state index contributed by atoms with van der Waals surface area (Å²) in [6, 6.07) is -0.739. The normalized spacial score (nSPS) is 20.3. The molecule has 0 atom stereocenters. The van der Waals surface area contributed by atoms with Crippen LogP contribution in [0.1, 0.15) is 25.7 Å². The minimum absolute atomic E-state index is 0.0360. The average molecular weight is 253 g/mol. The van der Waals surface area contributed by atoms with E-state index in [1.54, 1.807) is 4.90 Å². The summed E-state index contributed by atoms with van der Waals surface area (Å²) in [7, 11) is 0. The van der Waals surface area contributed by atoms with Crippen LogP contribution in [-0.4, -0.2) is 53.2 Å². The van der Waals surface area contributed by atoms with Crippen LogP contribution in [0.3, 0.4) is 0 Å². The fourth-order valence-electron chi connectivity index (χ4n) is 2.14. The van der Waals surface area contributed by atoms with Gasteiger partial charge < -0.3 is 4.90 Å². The number of rotatable bonds is 3. The SMILES string of the molecule is O=C1NC(=O)N(CCC(=O)N2CCCCC2)C1=O. The van der Waals surface area contributed by atoms with Crippen molar-refractivity contribution in [2.75, 3.05) is 19.6 Å². The maximum absolute atomic E-state index is 11.8. The summed E-state index contributed by atoms with van der Waals surface area (Å²) < 4.78 is 0. The number of carbonyl (C=O) groups is 4. The zero-order valence-electron chi connectivity index (χ0n) is 9.98. The van der Waals surface area contributed by atoms with Crippen LogP contribution in [0.15, 0.2) is 0 Å². The van der Waals surface area contributed by atoms with Gasteiger partial charge in [-0.25, -0.2) is 4.79 Å². The quantitative estimate of drug-likeness (QED) is 0.541. The summed E-state index contributed by atoms with van der Waals surface area (Å²) in [6.07, 6.45) is 3.19. The molecule has 2 saturated heterocycles. The fraction of sp³-hybridized carbons (Fsp3) is 0.636. The lowest BCUT2D eigenvalue weighted by molar-refractivity contribution is -0.140. The van der Waals surface area contributed by atoms with Gasteiger partial charge in [0.1, 0.15) is 0 Å². The first-order valence-electron chi connectivity index (χ1n) is 6.04. The van der Waals surface area contributed by atoms with Crippen LogP contribution in [-0.2, 0) is 14.4 Å². The molecular formula is C11H15N3O4. The topological polar surface area (TPSA) is 86.8 Å². The highest BCUT2D eigenvalue weighted by Crippen LogP contribution is 2.10. The zero-order chi connectivity index (χ0) is 13.1. The molecule has 98 valence electrons. The molecule has 2 rings (SSSR count). The van der Waals surface area contributed by atoms with E-state index in [1.807, 2.05) is 5.32 Å². The van der Waals surface area contributed by atoms with Crippen molar-refractivity contribution in [3.8, 4) is 0 Å². The van der Waals surface area contributed by atoms with Crippen LogP contribution in [0, 0.1) is 0 Å². The van der Waals surface area contributed by atoms with Crippen LogP contribution >= 0.6 is 0 Å². The molecule has 7 nitrogen and oxygen atoms in total. The van der Waals surface area contributed by atoms with Crippen LogP contribution in [0.5, 0.6) is 0 Å². The number of carbonyl (C=O) groups excluding carboxylic acids is 4. The second-order valence-corrected chi connectivity index (χ2v) is 4.41. The van der Waals surface area contributed by atoms with Crippen LogP contribution in [0.25, 0.3) is 0 Å². The Balaban J connectivity index is 1.84. The average Bonchev–Trinajstić information content (AvgIpc) is 2.62. The van der Waals surface area contributed by atoms with Crippen molar-refractivity contribution in [1.29, 1.82) is 0 Å². The molecule has 2 aliphatic heterocycles. The van der Waals surface area contributed by atoms with Crippen molar-refractivity contribution in [3.05, 3.63) is 0 Å². The van der Waals surface area contributed by atoms with Gasteiger partial charge in [-0.15, -0.1) is 0 Å². The molecule has 0 aromatic rings. The lowest BCUT2D eigenvalue weighted by Crippen LogP contribution is -2.39. The third kappa shape index (κ3) is 2.49. The fourth-order valence-corrected chi connectivity index (χ4v) is 2.14. The second-order valence-electron chi connectivity index (χ2n) is 4.41. The van der Waals surface area contributed by atoms with Crippen LogP contribution in [0.2, 0.25) is 0 Å². The molecular weight excluding hydrogens is 238 g/mol. The van der Waals surface area contributed by atoms with Crippen LogP contribution < -0.4 is 5.32 Å². The second kappa shape index (κ2) is 5.16. The number of piperidine rings is 1. The Kier molecular flexibility index (Phi) is 3.59. The Labute approximate surface area is 104 Å². The molecule has 1 N–H and O–H groups in total. The maximum atomic E-state index is 11.8. The molecule has 0 aromatic carbocycles. The number of imide groups is 2. The van der Waals surface area contributed by atoms with E-state index in [9.17, 15) is 19.2 Å². The van der Waals surface area contributed by atoms with Crippen molar-refractivity contribution < 1.29 is 19.2 Å². The summed E-state index contributed by atoms with van der Waals surface area (Å²) in [6.45, 7) is 1.43. The Hall–Kier alpha value is -1.92. The molecule has 0 aromatic heterocycles. The molecule has 2 aliphatic rings. The third-order valence-corrected chi connectivity index (χ3v) is 3.16. The lowest BCUT2D eigenvalue weighted by Gasteiger charge is -2.27. The smallest absolute Gasteiger partial charge is 0.331 e. The largest absolute Gasteiger partial charge is 0.343 e. The molecule has 0 unspecified atom stereocenters. The van der Waals surface area contributed by atoms with Gasteiger partial charge in [0.2, 0.25) is 5.91 Å². The van der Waals surface area contributed by atoms with Gasteiger partial charge in [0.15, 0.2) is 0 Å². The van der Waals surface area contributed by atoms with Crippen molar-refractivity contribution >= 4 is 23.8 Å². The van der Waals surface area contributed by atoms with E-state index in [4.69, 9.17) is 0 Å². The number of hydrogen-bond donors (Lipinski definition) is 1. The van der Waals surface area contributed by atoms with E-state index in [0.29, 0.717) is 0 Å². The molecule has 0 saturated carbocycles. The van der Waals surface area contributed by atoms with Gasteiger partial charge in [0, 0.05) is 26.1 Å². The highest BCUT2D eigenvalue weighted by molar-refractivity contribution is 6.44. The molecule has 0 spiro atoms. The predicted octanol–water partition coefficient (Wildman–Crippen LogP) is -0.533. The minimum Gasteiger partial charge on any atom is -0.343 e. The summed E-state index contributed by atoms with van der Waals surface area (Å²) in [5.74, 6) is -1.88. The van der Waals surface area contributed by atoms with E-state index in [-0.39, 0.29) is 18.9 Å². The minimum atomic E-state index is -0.926. The highest BCUT2D eigenvalue weighted by atomic mass is 16.2. The molecule has 18 heavy (non-hydrogen) atoms. The molecule has 2 heterocycles. The van der Waals surface area contributed by atoms with Gasteiger partial charge in [-0.3, -0.25) is 24.6 Å². The van der Waals surface area contributed by atoms with E-state index < -0.39 is 17.8 Å². The Morgan fingerprint density at radius 1 is 1.11 bits per heavy atom. The Bertz CT molecular complexity index is 401. The summed E-state index contributed by atoms with van der Waals surface area (Å²) in [4.78, 5) is 47.8. The van der Waals surface area contributed by atoms with Crippen molar-refractivity contribution in [2.45, 2.75) is 25.7 Å². The molecule has 0 aliphatic carbocycles. The molecule has 0 bridgehead atoms. The lowest BCUT2D eigenvalue weighted by atomic mass is 10.1. The van der Waals surface area contributed by atoms with E-state index in [2.05, 4.69) is 0 Å². The van der Waals surface area contributed by atoms with Gasteiger partial charge in [0.25, 0.3) is 0 Å². The number of likely N-dealkylation sites (tertiary alicyclic amines) is 1. The first kappa shape index (κ1) is 12.5. The van der Waals surface area contributed by atoms with Gasteiger partial charge >= 0.3 is 17.8 Å². The standard InChI is InChI=1S/C11H15N3O4/c15-8(13-5-2-1-3-6-13)4-7-14-10(17)9(16)12-11(14)18/h1-7H2,(H,12,16,18). The first-order chi connectivity index (χ1) is 8.59. The summed E-state index contributed by atoms with van der Waals surface area (Å²) in [5.41, 5.74) is 0. The van der Waals surface area contributed by atoms with E-state index >= 15 is 0 Å². The molecule has 5 amide bonds. The predicted molar refractivity (Wildman–Crippen MR) is 60.3 cm³/mol. The van der Waals surface area contributed by atoms with E-state index in [0.717, 1.165) is 37.3 Å². The third-order valence-electron chi connectivity index (χ3n) is 3.16. The van der Waals surface area contributed by atoms with Crippen molar-refractivity contribution in [2.24, 2.45) is 0 Å². The molecule has 0 radical (unpaired) electrons. The zero-order valence-corrected chi connectivity index (χ0v) is 9.98. The molecule has 7 heteroatoms. The number of nitrogens with zero attached hydrogens (tertiary/aromatic N) is 2. The molecule has 2 fully saturated rings. The van der Waals surface area contributed by atoms with Crippen molar-refractivity contribution in [3.63, 3.8) is 0 Å². The van der Waals surface area contributed by atoms with Crippen LogP contribution in [0.4, 0.5) is 4.79 Å². The van der Waals surface area contributed by atoms with Crippen molar-refractivity contribution in [1.82, 2.24) is 15.1 Å². The number of urea groups is 1. The van der Waals surface area contributed by atoms with Gasteiger partial charge in [-0.05, 0) is 19.3 Å². The summed E-state index contributed by atoms with van der Waals surface area (Å²) >= 11 is 0. The maximum Gasteiger partial charge on any atom is 0.331 e. The monoisotopic (exact) mass is 253 g/mol. The van der Waals surface area contributed by atoms with Gasteiger partial charge in [0.05, 0.1) is 0 Å². The van der Waals surface area contributed by atoms with Gasteiger partial charge in [-0.2, -0.15) is 0 Å². The number of hydrogen-bond acceptors (Lipinski definition) is 4. The number of amides is 5. The highest BCUT2D eigenvalue weighted by Gasteiger charge is 2.36. The number of nitrogens with one attached hydrogen (secondary N) is 1. The Morgan fingerprint density at radius 3 is 2.33 bits per heavy atom. The van der Waals surface area contributed by atoms with Gasteiger partial charge in [-0.1, -0.05) is 0 Å². The summed E-state index contributed by atoms with van der Waals surface area (Å²) in [5, 5.41) is 1.89. The van der Waals surface area contributed by atoms with E-state index in [1.165, 1.54) is 0 Å². The Morgan fingerprint density at radius 2 is 1.78 bits per heavy atom. The first-order valence-corrected chi connectivity index (χ1v) is 6.04.